The van der Waals surface area contributed by atoms with Gasteiger partial charge >= 0.3 is 0 Å². The Balaban J connectivity index is 2.29. The fourth-order valence-electron chi connectivity index (χ4n) is 1.92. The van der Waals surface area contributed by atoms with Crippen LogP contribution in [0.1, 0.15) is 24.5 Å². The van der Waals surface area contributed by atoms with E-state index in [4.69, 9.17) is 11.6 Å². The maximum absolute atomic E-state index is 11.6. The molecule has 0 fully saturated rings. The molecule has 0 saturated heterocycles. The molecule has 0 aliphatic carbocycles. The number of aromatic nitrogens is 2. The second-order valence-electron chi connectivity index (χ2n) is 4.51. The molecular weight excluding hydrogens is 276 g/mol. The molecular formula is C15H15ClN2O2. The summed E-state index contributed by atoms with van der Waals surface area (Å²) in [5.41, 5.74) is 3.09. The van der Waals surface area contributed by atoms with Crippen LogP contribution in [-0.4, -0.2) is 15.4 Å². The Bertz CT molecular complexity index is 662. The molecule has 4 nitrogen and oxygen atoms in total. The number of nitrogens with zero attached hydrogens (tertiary/aromatic N) is 1. The first-order chi connectivity index (χ1) is 9.60. The normalized spacial score (nSPS) is 10.5. The van der Waals surface area contributed by atoms with Gasteiger partial charge in [0.05, 0.1) is 5.69 Å². The van der Waals surface area contributed by atoms with Crippen molar-refractivity contribution in [3.05, 3.63) is 51.8 Å². The van der Waals surface area contributed by atoms with Crippen molar-refractivity contribution in [3.63, 3.8) is 0 Å². The molecule has 0 unspecified atom stereocenters. The molecule has 1 heterocycles. The van der Waals surface area contributed by atoms with E-state index < -0.39 is 5.24 Å². The second-order valence-corrected chi connectivity index (χ2v) is 4.93. The quantitative estimate of drug-likeness (QED) is 0.861. The molecule has 0 amide bonds. The van der Waals surface area contributed by atoms with E-state index in [0.29, 0.717) is 17.7 Å². The number of aromatic amines is 1. The maximum atomic E-state index is 11.6. The number of H-pyrrole nitrogens is 1. The third kappa shape index (κ3) is 3.54. The van der Waals surface area contributed by atoms with Gasteiger partial charge in [-0.2, -0.15) is 5.10 Å². The first-order valence-electron chi connectivity index (χ1n) is 6.46. The van der Waals surface area contributed by atoms with Crippen LogP contribution in [0, 0.1) is 0 Å². The van der Waals surface area contributed by atoms with Crippen LogP contribution < -0.4 is 5.56 Å². The lowest BCUT2D eigenvalue weighted by Gasteiger charge is -2.04. The molecule has 5 heteroatoms. The zero-order valence-electron chi connectivity index (χ0n) is 11.1. The van der Waals surface area contributed by atoms with Crippen molar-refractivity contribution in [1.29, 1.82) is 0 Å². The van der Waals surface area contributed by atoms with Gasteiger partial charge in [-0.05, 0) is 36.1 Å². The van der Waals surface area contributed by atoms with Crippen LogP contribution in [0.3, 0.4) is 0 Å². The SMILES string of the molecule is CCc1ccc(-c2cc(CCC(=O)Cl)c(=O)[nH]n2)cc1. The first kappa shape index (κ1) is 14.5. The van der Waals surface area contributed by atoms with Crippen molar-refractivity contribution in [2.75, 3.05) is 0 Å². The highest BCUT2D eigenvalue weighted by molar-refractivity contribution is 6.63. The fraction of sp³-hybridized carbons (Fsp3) is 0.267. The molecule has 0 spiro atoms. The summed E-state index contributed by atoms with van der Waals surface area (Å²) in [5, 5.41) is 6.05. The Kier molecular flexibility index (Phi) is 4.69. The van der Waals surface area contributed by atoms with Gasteiger partial charge in [0.2, 0.25) is 5.24 Å². The summed E-state index contributed by atoms with van der Waals surface area (Å²) in [4.78, 5) is 22.4. The number of rotatable bonds is 5. The third-order valence-corrected chi connectivity index (χ3v) is 3.32. The van der Waals surface area contributed by atoms with Crippen LogP contribution in [0.25, 0.3) is 11.3 Å². The molecule has 104 valence electrons. The van der Waals surface area contributed by atoms with Gasteiger partial charge in [0.15, 0.2) is 0 Å². The molecule has 2 aromatic rings. The van der Waals surface area contributed by atoms with Crippen molar-refractivity contribution in [1.82, 2.24) is 10.2 Å². The summed E-state index contributed by atoms with van der Waals surface area (Å²) in [7, 11) is 0. The number of carbonyl (C=O) groups excluding carboxylic acids is 1. The van der Waals surface area contributed by atoms with Crippen LogP contribution in [0.15, 0.2) is 35.1 Å². The summed E-state index contributed by atoms with van der Waals surface area (Å²) < 4.78 is 0. The van der Waals surface area contributed by atoms with E-state index in [0.717, 1.165) is 12.0 Å². The van der Waals surface area contributed by atoms with Crippen LogP contribution in [0.4, 0.5) is 0 Å². The van der Waals surface area contributed by atoms with Gasteiger partial charge in [-0.15, -0.1) is 0 Å². The maximum Gasteiger partial charge on any atom is 0.267 e. The highest BCUT2D eigenvalue weighted by Crippen LogP contribution is 2.17. The molecule has 0 atom stereocenters. The fourth-order valence-corrected chi connectivity index (χ4v) is 2.02. The Morgan fingerprint density at radius 3 is 2.60 bits per heavy atom. The Labute approximate surface area is 121 Å². The summed E-state index contributed by atoms with van der Waals surface area (Å²) >= 11 is 5.30. The zero-order chi connectivity index (χ0) is 14.5. The number of hydrogen-bond donors (Lipinski definition) is 1. The summed E-state index contributed by atoms with van der Waals surface area (Å²) in [6.45, 7) is 2.09. The van der Waals surface area contributed by atoms with Crippen LogP contribution in [-0.2, 0) is 17.6 Å². The number of halogens is 1. The minimum Gasteiger partial charge on any atom is -0.281 e. The van der Waals surface area contributed by atoms with Gasteiger partial charge in [-0.3, -0.25) is 9.59 Å². The zero-order valence-corrected chi connectivity index (χ0v) is 11.9. The van der Waals surface area contributed by atoms with Crippen LogP contribution in [0.2, 0.25) is 0 Å². The van der Waals surface area contributed by atoms with Crippen molar-refractivity contribution in [3.8, 4) is 11.3 Å². The summed E-state index contributed by atoms with van der Waals surface area (Å²) in [5.74, 6) is 0. The van der Waals surface area contributed by atoms with Crippen molar-refractivity contribution >= 4 is 16.8 Å². The minimum absolute atomic E-state index is 0.142. The number of nitrogens with one attached hydrogen (secondary N) is 1. The predicted molar refractivity (Wildman–Crippen MR) is 78.9 cm³/mol. The first-order valence-corrected chi connectivity index (χ1v) is 6.84. The molecule has 0 aliphatic heterocycles. The molecule has 1 aromatic heterocycles. The van der Waals surface area contributed by atoms with E-state index in [1.165, 1.54) is 5.56 Å². The van der Waals surface area contributed by atoms with Crippen LogP contribution in [0.5, 0.6) is 0 Å². The van der Waals surface area contributed by atoms with Gasteiger partial charge in [0.25, 0.3) is 5.56 Å². The van der Waals surface area contributed by atoms with E-state index in [1.54, 1.807) is 6.07 Å². The predicted octanol–water partition coefficient (Wildman–Crippen LogP) is 2.70. The number of carbonyl (C=O) groups is 1. The third-order valence-electron chi connectivity index (χ3n) is 3.13. The van der Waals surface area contributed by atoms with Crippen molar-refractivity contribution in [2.45, 2.75) is 26.2 Å². The molecule has 20 heavy (non-hydrogen) atoms. The smallest absolute Gasteiger partial charge is 0.267 e. The molecule has 0 aliphatic rings. The monoisotopic (exact) mass is 290 g/mol. The average Bonchev–Trinajstić information content (AvgIpc) is 2.46. The largest absolute Gasteiger partial charge is 0.281 e. The molecule has 1 N–H and O–H groups in total. The van der Waals surface area contributed by atoms with E-state index >= 15 is 0 Å². The Morgan fingerprint density at radius 2 is 2.00 bits per heavy atom. The lowest BCUT2D eigenvalue weighted by atomic mass is 10.1. The van der Waals surface area contributed by atoms with Gasteiger partial charge in [-0.1, -0.05) is 31.2 Å². The van der Waals surface area contributed by atoms with E-state index in [-0.39, 0.29) is 12.0 Å². The Hall–Kier alpha value is -1.94. The number of aryl methyl sites for hydroxylation is 2. The Morgan fingerprint density at radius 1 is 1.30 bits per heavy atom. The molecule has 0 saturated carbocycles. The van der Waals surface area contributed by atoms with Crippen molar-refractivity contribution < 1.29 is 4.79 Å². The summed E-state index contributed by atoms with van der Waals surface area (Å²) in [6.07, 6.45) is 1.44. The van der Waals surface area contributed by atoms with Crippen LogP contribution >= 0.6 is 11.6 Å². The van der Waals surface area contributed by atoms with Gasteiger partial charge in [0.1, 0.15) is 0 Å². The average molecular weight is 291 g/mol. The topological polar surface area (TPSA) is 62.8 Å². The molecule has 2 rings (SSSR count). The number of benzene rings is 1. The minimum atomic E-state index is -0.449. The van der Waals surface area contributed by atoms with E-state index in [9.17, 15) is 9.59 Å². The standard InChI is InChI=1S/C15H15ClN2O2/c1-2-10-3-5-11(6-4-10)13-9-12(7-8-14(16)19)15(20)18-17-13/h3-6,9H,2,7-8H2,1H3,(H,18,20). The highest BCUT2D eigenvalue weighted by atomic mass is 35.5. The second kappa shape index (κ2) is 6.48. The van der Waals surface area contributed by atoms with E-state index in [2.05, 4.69) is 17.1 Å². The van der Waals surface area contributed by atoms with Gasteiger partial charge in [0, 0.05) is 17.5 Å². The van der Waals surface area contributed by atoms with Crippen molar-refractivity contribution in [2.24, 2.45) is 0 Å². The van der Waals surface area contributed by atoms with Gasteiger partial charge < -0.3 is 0 Å². The molecule has 1 aromatic carbocycles. The summed E-state index contributed by atoms with van der Waals surface area (Å²) in [6, 6.07) is 9.71. The lowest BCUT2D eigenvalue weighted by molar-refractivity contribution is -0.111. The molecule has 0 radical (unpaired) electrons. The highest BCUT2D eigenvalue weighted by Gasteiger charge is 2.07. The number of hydrogen-bond acceptors (Lipinski definition) is 3. The molecule has 0 bridgehead atoms. The van der Waals surface area contributed by atoms with E-state index in [1.807, 2.05) is 24.3 Å². The van der Waals surface area contributed by atoms with Gasteiger partial charge in [-0.25, -0.2) is 5.10 Å². The lowest BCUT2D eigenvalue weighted by Crippen LogP contribution is -2.15.